The molecule has 0 heterocycles. The molecule has 2 aromatic carbocycles. The Kier molecular flexibility index (Phi) is 6.86. The van der Waals surface area contributed by atoms with Gasteiger partial charge >= 0.3 is 5.97 Å². The second-order valence-corrected chi connectivity index (χ2v) is 5.77. The van der Waals surface area contributed by atoms with Crippen LogP contribution in [0.3, 0.4) is 0 Å². The van der Waals surface area contributed by atoms with Gasteiger partial charge in [0.15, 0.2) is 0 Å². The molecule has 23 heavy (non-hydrogen) atoms. The van der Waals surface area contributed by atoms with E-state index in [1.165, 1.54) is 0 Å². The summed E-state index contributed by atoms with van der Waals surface area (Å²) in [5, 5.41) is 0.642. The Hall–Kier alpha value is -2.09. The van der Waals surface area contributed by atoms with Gasteiger partial charge in [-0.15, -0.1) is 5.92 Å². The first-order chi connectivity index (χ1) is 11.2. The highest BCUT2D eigenvalue weighted by Gasteiger charge is 2.07. The van der Waals surface area contributed by atoms with Gasteiger partial charge in [-0.3, -0.25) is 4.79 Å². The molecule has 0 bridgehead atoms. The first-order valence-corrected chi connectivity index (χ1v) is 8.03. The second kappa shape index (κ2) is 9.14. The van der Waals surface area contributed by atoms with E-state index in [9.17, 15) is 4.79 Å². The number of benzene rings is 2. The summed E-state index contributed by atoms with van der Waals surface area (Å²) in [6, 6.07) is 14.4. The van der Waals surface area contributed by atoms with Crippen LogP contribution in [0.15, 0.2) is 53.4 Å². The van der Waals surface area contributed by atoms with Gasteiger partial charge in [0.1, 0.15) is 12.4 Å². The van der Waals surface area contributed by atoms with Crippen molar-refractivity contribution in [1.82, 2.24) is 0 Å². The summed E-state index contributed by atoms with van der Waals surface area (Å²) in [5.41, 5.74) is 0.862. The minimum absolute atomic E-state index is 0.209. The Morgan fingerprint density at radius 2 is 1.83 bits per heavy atom. The molecule has 0 radical (unpaired) electrons. The van der Waals surface area contributed by atoms with Crippen LogP contribution in [0.2, 0.25) is 5.02 Å². The van der Waals surface area contributed by atoms with Crippen molar-refractivity contribution < 1.29 is 13.7 Å². The molecule has 2 rings (SSSR count). The van der Waals surface area contributed by atoms with Gasteiger partial charge in [0.05, 0.1) is 18.5 Å². The van der Waals surface area contributed by atoms with Crippen LogP contribution in [0.5, 0.6) is 5.75 Å². The molecule has 0 spiro atoms. The van der Waals surface area contributed by atoms with Gasteiger partial charge in [-0.1, -0.05) is 29.7 Å². The van der Waals surface area contributed by atoms with Crippen molar-refractivity contribution in [1.29, 1.82) is 0 Å². The zero-order chi connectivity index (χ0) is 16.5. The lowest BCUT2D eigenvalue weighted by Crippen LogP contribution is -2.03. The monoisotopic (exact) mass is 346 g/mol. The van der Waals surface area contributed by atoms with Crippen molar-refractivity contribution in [3.8, 4) is 17.6 Å². The fourth-order valence-electron chi connectivity index (χ4n) is 1.68. The lowest BCUT2D eigenvalue weighted by atomic mass is 10.2. The third-order valence-corrected chi connectivity index (χ3v) is 3.79. The van der Waals surface area contributed by atoms with Crippen molar-refractivity contribution in [3.05, 3.63) is 59.1 Å². The van der Waals surface area contributed by atoms with Gasteiger partial charge in [0, 0.05) is 9.92 Å². The van der Waals surface area contributed by atoms with Gasteiger partial charge in [0.25, 0.3) is 0 Å². The Balaban J connectivity index is 1.79. The Labute approximate surface area is 145 Å². The normalized spacial score (nSPS) is 9.65. The average Bonchev–Trinajstić information content (AvgIpc) is 2.56. The Morgan fingerprint density at radius 1 is 1.13 bits per heavy atom. The summed E-state index contributed by atoms with van der Waals surface area (Å²) in [4.78, 5) is 12.6. The van der Waals surface area contributed by atoms with E-state index in [0.29, 0.717) is 11.6 Å². The number of hydrogen-bond donors (Lipinski definition) is 0. The molecule has 2 aromatic rings. The van der Waals surface area contributed by atoms with Gasteiger partial charge < -0.3 is 8.92 Å². The largest absolute Gasteiger partial charge is 0.481 e. The molecule has 0 aromatic heterocycles. The SMILES string of the molecule is CC#CCOc1ccc(SOC(=O)Cc2ccc(Cl)cc2)cc1. The number of ether oxygens (including phenoxy) is 1. The molecule has 5 heteroatoms. The molecule has 0 fully saturated rings. The van der Waals surface area contributed by atoms with E-state index < -0.39 is 0 Å². The summed E-state index contributed by atoms with van der Waals surface area (Å²) in [6.07, 6.45) is 0.209. The summed E-state index contributed by atoms with van der Waals surface area (Å²) in [6.45, 7) is 2.13. The quantitative estimate of drug-likeness (QED) is 0.568. The van der Waals surface area contributed by atoms with Crippen LogP contribution in [-0.2, 0) is 15.4 Å². The van der Waals surface area contributed by atoms with Crippen molar-refractivity contribution in [2.24, 2.45) is 0 Å². The third kappa shape index (κ3) is 6.27. The van der Waals surface area contributed by atoms with E-state index in [1.807, 2.05) is 24.3 Å². The Bertz CT molecular complexity index is 700. The van der Waals surface area contributed by atoms with Crippen LogP contribution in [0, 0.1) is 11.8 Å². The maximum Gasteiger partial charge on any atom is 0.322 e. The van der Waals surface area contributed by atoms with Crippen LogP contribution in [-0.4, -0.2) is 12.6 Å². The molecule has 0 aliphatic rings. The predicted molar refractivity (Wildman–Crippen MR) is 92.5 cm³/mol. The third-order valence-electron chi connectivity index (χ3n) is 2.80. The van der Waals surface area contributed by atoms with Crippen LogP contribution in [0.25, 0.3) is 0 Å². The van der Waals surface area contributed by atoms with E-state index in [2.05, 4.69) is 11.8 Å². The smallest absolute Gasteiger partial charge is 0.322 e. The zero-order valence-corrected chi connectivity index (χ0v) is 14.1. The molecule has 0 aliphatic heterocycles. The molecule has 0 amide bonds. The molecule has 3 nitrogen and oxygen atoms in total. The molecule has 0 atom stereocenters. The highest BCUT2D eigenvalue weighted by atomic mass is 35.5. The fourth-order valence-corrected chi connectivity index (χ4v) is 2.30. The number of hydrogen-bond acceptors (Lipinski definition) is 4. The van der Waals surface area contributed by atoms with E-state index in [1.54, 1.807) is 31.2 Å². The fraction of sp³-hybridized carbons (Fsp3) is 0.167. The number of carbonyl (C=O) groups excluding carboxylic acids is 1. The lowest BCUT2D eigenvalue weighted by Gasteiger charge is -2.05. The molecule has 0 N–H and O–H groups in total. The van der Waals surface area contributed by atoms with Gasteiger partial charge in [-0.25, -0.2) is 0 Å². The summed E-state index contributed by atoms with van der Waals surface area (Å²) in [7, 11) is 0. The van der Waals surface area contributed by atoms with E-state index in [0.717, 1.165) is 28.3 Å². The lowest BCUT2D eigenvalue weighted by molar-refractivity contribution is -0.132. The van der Waals surface area contributed by atoms with Crippen molar-refractivity contribution in [2.45, 2.75) is 18.2 Å². The summed E-state index contributed by atoms with van der Waals surface area (Å²) in [5.74, 6) is 6.00. The molecular formula is C18H15ClO3S. The molecule has 0 aliphatic carbocycles. The average molecular weight is 347 g/mol. The van der Waals surface area contributed by atoms with Crippen LogP contribution in [0.1, 0.15) is 12.5 Å². The first-order valence-electron chi connectivity index (χ1n) is 6.91. The van der Waals surface area contributed by atoms with Crippen LogP contribution < -0.4 is 4.74 Å². The van der Waals surface area contributed by atoms with Crippen molar-refractivity contribution >= 4 is 29.6 Å². The number of halogens is 1. The van der Waals surface area contributed by atoms with Gasteiger partial charge in [-0.2, -0.15) is 0 Å². The van der Waals surface area contributed by atoms with Gasteiger partial charge in [-0.05, 0) is 48.9 Å². The standard InChI is InChI=1S/C18H15ClO3S/c1-2-3-12-21-16-8-10-17(11-9-16)23-22-18(20)13-14-4-6-15(19)7-5-14/h4-11H,12-13H2,1H3. The maximum absolute atomic E-state index is 11.8. The molecule has 0 saturated carbocycles. The van der Waals surface area contributed by atoms with Crippen molar-refractivity contribution in [3.63, 3.8) is 0 Å². The molecule has 0 unspecified atom stereocenters. The second-order valence-electron chi connectivity index (χ2n) is 4.53. The maximum atomic E-state index is 11.8. The molecule has 118 valence electrons. The highest BCUT2D eigenvalue weighted by molar-refractivity contribution is 7.95. The summed E-state index contributed by atoms with van der Waals surface area (Å²) < 4.78 is 10.6. The molecular weight excluding hydrogens is 332 g/mol. The minimum atomic E-state index is -0.309. The van der Waals surface area contributed by atoms with E-state index in [-0.39, 0.29) is 12.4 Å². The zero-order valence-electron chi connectivity index (χ0n) is 12.5. The van der Waals surface area contributed by atoms with E-state index in [4.69, 9.17) is 20.5 Å². The topological polar surface area (TPSA) is 35.5 Å². The minimum Gasteiger partial charge on any atom is -0.481 e. The van der Waals surface area contributed by atoms with Crippen LogP contribution >= 0.6 is 23.6 Å². The predicted octanol–water partition coefficient (Wildman–Crippen LogP) is 4.54. The molecule has 0 saturated heterocycles. The summed E-state index contributed by atoms with van der Waals surface area (Å²) >= 11 is 6.83. The highest BCUT2D eigenvalue weighted by Crippen LogP contribution is 2.23. The van der Waals surface area contributed by atoms with E-state index >= 15 is 0 Å². The van der Waals surface area contributed by atoms with Crippen LogP contribution in [0.4, 0.5) is 0 Å². The Morgan fingerprint density at radius 3 is 2.48 bits per heavy atom. The van der Waals surface area contributed by atoms with Crippen molar-refractivity contribution in [2.75, 3.05) is 6.61 Å². The first kappa shape index (κ1) is 17.3. The number of rotatable bonds is 6. The number of carbonyl (C=O) groups is 1. The van der Waals surface area contributed by atoms with Gasteiger partial charge in [0.2, 0.25) is 0 Å².